The third-order valence-electron chi connectivity index (χ3n) is 7.08. The minimum atomic E-state index is 0.0237. The molecule has 30 heavy (non-hydrogen) atoms. The summed E-state index contributed by atoms with van der Waals surface area (Å²) in [6.07, 6.45) is 5.72. The van der Waals surface area contributed by atoms with Gasteiger partial charge in [-0.15, -0.1) is 0 Å². The zero-order chi connectivity index (χ0) is 21.3. The van der Waals surface area contributed by atoms with Crippen molar-refractivity contribution in [3.05, 3.63) is 23.8 Å². The summed E-state index contributed by atoms with van der Waals surface area (Å²) in [6, 6.07) is 6.41. The normalized spacial score (nSPS) is 28.6. The SMILES string of the molecule is CC(C)Oc1cc(CN2CCC3(CCC(=O)N3C3CCOCC3)CC2C)ccc1O. The zero-order valence-corrected chi connectivity index (χ0v) is 18.6. The van der Waals surface area contributed by atoms with Crippen LogP contribution in [-0.4, -0.2) is 64.3 Å². The van der Waals surface area contributed by atoms with Crippen LogP contribution in [0.15, 0.2) is 18.2 Å². The molecule has 0 aromatic heterocycles. The number of phenolic OH excluding ortho intramolecular Hbond substituents is 1. The number of hydrogen-bond acceptors (Lipinski definition) is 5. The predicted molar refractivity (Wildman–Crippen MR) is 116 cm³/mol. The average Bonchev–Trinajstić information content (AvgIpc) is 3.02. The number of carbonyl (C=O) groups excluding carboxylic acids is 1. The fourth-order valence-corrected chi connectivity index (χ4v) is 5.65. The van der Waals surface area contributed by atoms with E-state index in [4.69, 9.17) is 9.47 Å². The number of rotatable bonds is 5. The summed E-state index contributed by atoms with van der Waals surface area (Å²) >= 11 is 0. The monoisotopic (exact) mass is 416 g/mol. The summed E-state index contributed by atoms with van der Waals surface area (Å²) < 4.78 is 11.3. The molecule has 3 heterocycles. The van der Waals surface area contributed by atoms with E-state index in [1.165, 1.54) is 0 Å². The van der Waals surface area contributed by atoms with Gasteiger partial charge in [0.05, 0.1) is 6.10 Å². The Morgan fingerprint density at radius 1 is 1.27 bits per heavy atom. The minimum absolute atomic E-state index is 0.0237. The van der Waals surface area contributed by atoms with Crippen LogP contribution in [0.25, 0.3) is 0 Å². The molecule has 1 amide bonds. The van der Waals surface area contributed by atoms with Gasteiger partial charge >= 0.3 is 0 Å². The first-order valence-corrected chi connectivity index (χ1v) is 11.5. The third kappa shape index (κ3) is 4.30. The second kappa shape index (κ2) is 8.75. The Balaban J connectivity index is 1.45. The van der Waals surface area contributed by atoms with Crippen molar-refractivity contribution in [2.75, 3.05) is 19.8 Å². The van der Waals surface area contributed by atoms with Crippen LogP contribution in [0.5, 0.6) is 11.5 Å². The van der Waals surface area contributed by atoms with E-state index >= 15 is 0 Å². The molecular weight excluding hydrogens is 380 g/mol. The molecule has 3 saturated heterocycles. The van der Waals surface area contributed by atoms with Gasteiger partial charge in [0, 0.05) is 50.3 Å². The van der Waals surface area contributed by atoms with Crippen LogP contribution in [0, 0.1) is 0 Å². The second-order valence-corrected chi connectivity index (χ2v) is 9.57. The average molecular weight is 417 g/mol. The first-order valence-electron chi connectivity index (χ1n) is 11.5. The molecule has 1 aromatic rings. The number of carbonyl (C=O) groups is 1. The van der Waals surface area contributed by atoms with Gasteiger partial charge in [0.2, 0.25) is 5.91 Å². The molecule has 3 aliphatic rings. The maximum atomic E-state index is 12.8. The maximum Gasteiger partial charge on any atom is 0.223 e. The molecule has 166 valence electrons. The second-order valence-electron chi connectivity index (χ2n) is 9.57. The van der Waals surface area contributed by atoms with Gasteiger partial charge in [0.25, 0.3) is 0 Å². The molecular formula is C24H36N2O4. The molecule has 2 unspecified atom stereocenters. The van der Waals surface area contributed by atoms with Crippen LogP contribution in [0.3, 0.4) is 0 Å². The van der Waals surface area contributed by atoms with Gasteiger partial charge in [0.15, 0.2) is 11.5 Å². The molecule has 6 heteroatoms. The van der Waals surface area contributed by atoms with Crippen molar-refractivity contribution < 1.29 is 19.4 Å². The van der Waals surface area contributed by atoms with E-state index in [2.05, 4.69) is 16.7 Å². The molecule has 0 saturated carbocycles. The van der Waals surface area contributed by atoms with Crippen molar-refractivity contribution >= 4 is 5.91 Å². The quantitative estimate of drug-likeness (QED) is 0.793. The molecule has 3 aliphatic heterocycles. The van der Waals surface area contributed by atoms with Crippen LogP contribution in [0.4, 0.5) is 0 Å². The smallest absolute Gasteiger partial charge is 0.223 e. The summed E-state index contributed by atoms with van der Waals surface area (Å²) in [5.74, 6) is 1.09. The van der Waals surface area contributed by atoms with Gasteiger partial charge in [-0.1, -0.05) is 6.07 Å². The van der Waals surface area contributed by atoms with Crippen LogP contribution in [0.2, 0.25) is 0 Å². The number of ether oxygens (including phenoxy) is 2. The van der Waals surface area contributed by atoms with Gasteiger partial charge < -0.3 is 19.5 Å². The van der Waals surface area contributed by atoms with Gasteiger partial charge in [-0.3, -0.25) is 9.69 Å². The van der Waals surface area contributed by atoms with E-state index in [1.54, 1.807) is 6.07 Å². The molecule has 2 atom stereocenters. The van der Waals surface area contributed by atoms with Crippen molar-refractivity contribution in [2.45, 2.75) is 89.6 Å². The third-order valence-corrected chi connectivity index (χ3v) is 7.08. The van der Waals surface area contributed by atoms with Crippen molar-refractivity contribution in [3.8, 4) is 11.5 Å². The van der Waals surface area contributed by atoms with Gasteiger partial charge in [-0.2, -0.15) is 0 Å². The Bertz CT molecular complexity index is 762. The molecule has 1 N–H and O–H groups in total. The lowest BCUT2D eigenvalue weighted by atomic mass is 9.80. The predicted octanol–water partition coefficient (Wildman–Crippen LogP) is 3.70. The van der Waals surface area contributed by atoms with Crippen molar-refractivity contribution in [1.82, 2.24) is 9.80 Å². The Morgan fingerprint density at radius 3 is 2.73 bits per heavy atom. The van der Waals surface area contributed by atoms with E-state index in [1.807, 2.05) is 26.0 Å². The minimum Gasteiger partial charge on any atom is -0.504 e. The van der Waals surface area contributed by atoms with E-state index in [0.29, 0.717) is 30.2 Å². The van der Waals surface area contributed by atoms with Crippen LogP contribution in [-0.2, 0) is 16.1 Å². The molecule has 1 aromatic carbocycles. The number of piperidine rings is 1. The number of benzene rings is 1. The largest absolute Gasteiger partial charge is 0.504 e. The van der Waals surface area contributed by atoms with E-state index in [0.717, 1.165) is 64.0 Å². The lowest BCUT2D eigenvalue weighted by Gasteiger charge is -2.51. The number of hydrogen-bond donors (Lipinski definition) is 1. The Labute approximate surface area is 180 Å². The fourth-order valence-electron chi connectivity index (χ4n) is 5.65. The lowest BCUT2D eigenvalue weighted by Crippen LogP contribution is -2.59. The molecule has 1 spiro atoms. The van der Waals surface area contributed by atoms with Crippen LogP contribution >= 0.6 is 0 Å². The topological polar surface area (TPSA) is 62.2 Å². The number of likely N-dealkylation sites (tertiary alicyclic amines) is 2. The van der Waals surface area contributed by atoms with Crippen molar-refractivity contribution in [2.24, 2.45) is 0 Å². The lowest BCUT2D eigenvalue weighted by molar-refractivity contribution is -0.139. The highest BCUT2D eigenvalue weighted by molar-refractivity contribution is 5.80. The highest BCUT2D eigenvalue weighted by atomic mass is 16.5. The van der Waals surface area contributed by atoms with Gasteiger partial charge in [0.1, 0.15) is 0 Å². The zero-order valence-electron chi connectivity index (χ0n) is 18.6. The summed E-state index contributed by atoms with van der Waals surface area (Å²) in [5, 5.41) is 10.1. The van der Waals surface area contributed by atoms with Crippen molar-refractivity contribution in [1.29, 1.82) is 0 Å². The van der Waals surface area contributed by atoms with Crippen LogP contribution in [0.1, 0.15) is 64.9 Å². The van der Waals surface area contributed by atoms with Crippen LogP contribution < -0.4 is 4.74 Å². The molecule has 6 nitrogen and oxygen atoms in total. The van der Waals surface area contributed by atoms with E-state index in [-0.39, 0.29) is 17.4 Å². The number of phenols is 1. The molecule has 0 aliphatic carbocycles. The summed E-state index contributed by atoms with van der Waals surface area (Å²) in [5.41, 5.74) is 1.17. The summed E-state index contributed by atoms with van der Waals surface area (Å²) in [7, 11) is 0. The van der Waals surface area contributed by atoms with E-state index < -0.39 is 0 Å². The molecule has 4 rings (SSSR count). The van der Waals surface area contributed by atoms with Gasteiger partial charge in [-0.25, -0.2) is 0 Å². The van der Waals surface area contributed by atoms with E-state index in [9.17, 15) is 9.90 Å². The summed E-state index contributed by atoms with van der Waals surface area (Å²) in [4.78, 5) is 17.6. The molecule has 0 radical (unpaired) electrons. The highest BCUT2D eigenvalue weighted by Gasteiger charge is 2.51. The first kappa shape index (κ1) is 21.4. The molecule has 0 bridgehead atoms. The Kier molecular flexibility index (Phi) is 6.26. The Hall–Kier alpha value is -1.79. The number of nitrogens with zero attached hydrogens (tertiary/aromatic N) is 2. The van der Waals surface area contributed by atoms with Crippen molar-refractivity contribution in [3.63, 3.8) is 0 Å². The number of amides is 1. The number of aromatic hydroxyl groups is 1. The highest BCUT2D eigenvalue weighted by Crippen LogP contribution is 2.44. The standard InChI is InChI=1S/C24H36N2O4/c1-17(2)30-22-14-19(4-5-21(22)27)16-25-11-10-24(15-18(25)3)9-6-23(28)26(24)20-7-12-29-13-8-20/h4-5,14,17-18,20,27H,6-13,15-16H2,1-3H3. The maximum absolute atomic E-state index is 12.8. The molecule has 3 fully saturated rings. The van der Waals surface area contributed by atoms with Gasteiger partial charge in [-0.05, 0) is 70.6 Å². The first-order chi connectivity index (χ1) is 14.4. The Morgan fingerprint density at radius 2 is 2.03 bits per heavy atom. The fraction of sp³-hybridized carbons (Fsp3) is 0.708. The summed E-state index contributed by atoms with van der Waals surface area (Å²) in [6.45, 7) is 9.57.